The number of nitrogens with zero attached hydrogens (tertiary/aromatic N) is 3. The van der Waals surface area contributed by atoms with E-state index in [4.69, 9.17) is 16.9 Å². The van der Waals surface area contributed by atoms with E-state index >= 15 is 0 Å². The van der Waals surface area contributed by atoms with Gasteiger partial charge in [-0.25, -0.2) is 4.98 Å². The third-order valence-electron chi connectivity index (χ3n) is 2.57. The molecule has 0 atom stereocenters. The van der Waals surface area contributed by atoms with E-state index in [0.717, 1.165) is 5.56 Å². The number of hydrogen-bond acceptors (Lipinski definition) is 5. The molecule has 0 unspecified atom stereocenters. The lowest BCUT2D eigenvalue weighted by molar-refractivity contribution is -0.384. The maximum atomic E-state index is 10.9. The molecule has 0 aliphatic heterocycles. The average molecular weight is 289 g/mol. The number of nitriles is 1. The highest BCUT2D eigenvalue weighted by molar-refractivity contribution is 6.30. The first-order valence-electron chi connectivity index (χ1n) is 5.63. The molecule has 0 saturated carbocycles. The number of aromatic nitrogens is 1. The standard InChI is InChI=1S/C13H9ClN4O2/c14-11-3-1-9(2-4-11)7-16-13-12(18(19)20)5-10(6-15)8-17-13/h1-5,8H,7H2,(H,16,17). The van der Waals surface area contributed by atoms with Crippen molar-refractivity contribution in [3.8, 4) is 6.07 Å². The minimum atomic E-state index is -0.571. The zero-order valence-corrected chi connectivity index (χ0v) is 11.0. The Labute approximate surface area is 119 Å². The average Bonchev–Trinajstić information content (AvgIpc) is 2.46. The fourth-order valence-electron chi connectivity index (χ4n) is 1.58. The predicted molar refractivity (Wildman–Crippen MR) is 74.4 cm³/mol. The van der Waals surface area contributed by atoms with Crippen molar-refractivity contribution in [2.45, 2.75) is 6.54 Å². The molecule has 0 fully saturated rings. The van der Waals surface area contributed by atoms with Crippen LogP contribution in [0.15, 0.2) is 36.5 Å². The van der Waals surface area contributed by atoms with Crippen molar-refractivity contribution in [2.75, 3.05) is 5.32 Å². The van der Waals surface area contributed by atoms with Crippen LogP contribution in [-0.4, -0.2) is 9.91 Å². The summed E-state index contributed by atoms with van der Waals surface area (Å²) in [6.07, 6.45) is 1.29. The number of halogens is 1. The molecule has 0 aliphatic rings. The van der Waals surface area contributed by atoms with Crippen LogP contribution in [0.1, 0.15) is 11.1 Å². The van der Waals surface area contributed by atoms with Gasteiger partial charge in [-0.3, -0.25) is 10.1 Å². The third-order valence-corrected chi connectivity index (χ3v) is 2.82. The summed E-state index contributed by atoms with van der Waals surface area (Å²) >= 11 is 5.78. The van der Waals surface area contributed by atoms with E-state index in [1.54, 1.807) is 12.1 Å². The number of hydrogen-bond donors (Lipinski definition) is 1. The second-order valence-electron chi connectivity index (χ2n) is 3.94. The van der Waals surface area contributed by atoms with Crippen LogP contribution >= 0.6 is 11.6 Å². The van der Waals surface area contributed by atoms with E-state index in [9.17, 15) is 10.1 Å². The molecule has 6 nitrogen and oxygen atoms in total. The smallest absolute Gasteiger partial charge is 0.312 e. The fraction of sp³-hybridized carbons (Fsp3) is 0.0769. The van der Waals surface area contributed by atoms with E-state index in [2.05, 4.69) is 10.3 Å². The molecule has 0 spiro atoms. The van der Waals surface area contributed by atoms with E-state index < -0.39 is 4.92 Å². The molecule has 20 heavy (non-hydrogen) atoms. The van der Waals surface area contributed by atoms with Crippen molar-refractivity contribution in [3.05, 3.63) is 62.8 Å². The van der Waals surface area contributed by atoms with Gasteiger partial charge >= 0.3 is 5.69 Å². The highest BCUT2D eigenvalue weighted by Crippen LogP contribution is 2.23. The van der Waals surface area contributed by atoms with Crippen LogP contribution in [0.3, 0.4) is 0 Å². The van der Waals surface area contributed by atoms with Gasteiger partial charge in [-0.2, -0.15) is 5.26 Å². The van der Waals surface area contributed by atoms with Crippen molar-refractivity contribution >= 4 is 23.1 Å². The van der Waals surface area contributed by atoms with Crippen molar-refractivity contribution in [3.63, 3.8) is 0 Å². The molecule has 0 amide bonds. The normalized spacial score (nSPS) is 9.80. The van der Waals surface area contributed by atoms with Gasteiger partial charge in [0.1, 0.15) is 6.07 Å². The van der Waals surface area contributed by atoms with Crippen molar-refractivity contribution in [1.29, 1.82) is 5.26 Å². The molecule has 1 heterocycles. The van der Waals surface area contributed by atoms with Crippen LogP contribution in [0.4, 0.5) is 11.5 Å². The molecule has 0 radical (unpaired) electrons. The molecule has 0 bridgehead atoms. The van der Waals surface area contributed by atoms with Gasteiger partial charge < -0.3 is 5.32 Å². The lowest BCUT2D eigenvalue weighted by Gasteiger charge is -2.06. The Morgan fingerprint density at radius 3 is 2.70 bits per heavy atom. The van der Waals surface area contributed by atoms with Crippen molar-refractivity contribution < 1.29 is 4.92 Å². The second-order valence-corrected chi connectivity index (χ2v) is 4.38. The van der Waals surface area contributed by atoms with E-state index in [-0.39, 0.29) is 17.1 Å². The number of rotatable bonds is 4. The zero-order chi connectivity index (χ0) is 14.5. The maximum Gasteiger partial charge on any atom is 0.312 e. The second kappa shape index (κ2) is 5.99. The quantitative estimate of drug-likeness (QED) is 0.689. The maximum absolute atomic E-state index is 10.9. The molecule has 0 aliphatic carbocycles. The molecular formula is C13H9ClN4O2. The molecule has 100 valence electrons. The van der Waals surface area contributed by atoms with Crippen LogP contribution in [0.5, 0.6) is 0 Å². The Morgan fingerprint density at radius 2 is 2.10 bits per heavy atom. The number of anilines is 1. The molecule has 7 heteroatoms. The van der Waals surface area contributed by atoms with Gasteiger partial charge in [-0.05, 0) is 17.7 Å². The van der Waals surface area contributed by atoms with Gasteiger partial charge in [0.15, 0.2) is 0 Å². The Kier molecular flexibility index (Phi) is 4.13. The van der Waals surface area contributed by atoms with Crippen LogP contribution < -0.4 is 5.32 Å². The van der Waals surface area contributed by atoms with Crippen LogP contribution in [0.2, 0.25) is 5.02 Å². The number of pyridine rings is 1. The fourth-order valence-corrected chi connectivity index (χ4v) is 1.70. The summed E-state index contributed by atoms with van der Waals surface area (Å²) in [6.45, 7) is 0.372. The van der Waals surface area contributed by atoms with Crippen LogP contribution in [-0.2, 0) is 6.54 Å². The Hall–Kier alpha value is -2.65. The van der Waals surface area contributed by atoms with Gasteiger partial charge in [0, 0.05) is 23.8 Å². The molecular weight excluding hydrogens is 280 g/mol. The molecule has 1 aromatic heterocycles. The van der Waals surface area contributed by atoms with E-state index in [1.165, 1.54) is 12.3 Å². The first-order valence-corrected chi connectivity index (χ1v) is 6.01. The molecule has 1 N–H and O–H groups in total. The lowest BCUT2D eigenvalue weighted by Crippen LogP contribution is -2.05. The lowest BCUT2D eigenvalue weighted by atomic mass is 10.2. The number of nitrogens with one attached hydrogen (secondary N) is 1. The van der Waals surface area contributed by atoms with Gasteiger partial charge in [0.25, 0.3) is 0 Å². The van der Waals surface area contributed by atoms with E-state index in [0.29, 0.717) is 11.6 Å². The summed E-state index contributed by atoms with van der Waals surface area (Å²) < 4.78 is 0. The first kappa shape index (κ1) is 13.8. The topological polar surface area (TPSA) is 91.8 Å². The molecule has 0 saturated heterocycles. The van der Waals surface area contributed by atoms with Crippen molar-refractivity contribution in [1.82, 2.24) is 4.98 Å². The molecule has 2 aromatic rings. The SMILES string of the molecule is N#Cc1cnc(NCc2ccc(Cl)cc2)c([N+](=O)[O-])c1. The predicted octanol–water partition coefficient (Wildman–Crippen LogP) is 3.13. The van der Waals surface area contributed by atoms with Crippen LogP contribution in [0, 0.1) is 21.4 Å². The highest BCUT2D eigenvalue weighted by Gasteiger charge is 2.16. The highest BCUT2D eigenvalue weighted by atomic mass is 35.5. The summed E-state index contributed by atoms with van der Waals surface area (Å²) in [4.78, 5) is 14.3. The summed E-state index contributed by atoms with van der Waals surface area (Å²) in [5.41, 5.74) is 0.835. The van der Waals surface area contributed by atoms with Gasteiger partial charge in [0.2, 0.25) is 5.82 Å². The van der Waals surface area contributed by atoms with E-state index in [1.807, 2.05) is 18.2 Å². The Balaban J connectivity index is 2.19. The van der Waals surface area contributed by atoms with Gasteiger partial charge in [-0.1, -0.05) is 23.7 Å². The Bertz CT molecular complexity index is 680. The monoisotopic (exact) mass is 288 g/mol. The Morgan fingerprint density at radius 1 is 1.40 bits per heavy atom. The minimum absolute atomic E-state index is 0.129. The van der Waals surface area contributed by atoms with Gasteiger partial charge in [-0.15, -0.1) is 0 Å². The number of benzene rings is 1. The first-order chi connectivity index (χ1) is 9.60. The summed E-state index contributed by atoms with van der Waals surface area (Å²) in [6, 6.07) is 10.1. The zero-order valence-electron chi connectivity index (χ0n) is 10.2. The molecule has 1 aromatic carbocycles. The van der Waals surface area contributed by atoms with Crippen molar-refractivity contribution in [2.24, 2.45) is 0 Å². The third kappa shape index (κ3) is 3.22. The number of nitro groups is 1. The van der Waals surface area contributed by atoms with Gasteiger partial charge in [0.05, 0.1) is 10.5 Å². The van der Waals surface area contributed by atoms with Crippen LogP contribution in [0.25, 0.3) is 0 Å². The minimum Gasteiger partial charge on any atom is -0.360 e. The molecule has 2 rings (SSSR count). The summed E-state index contributed by atoms with van der Waals surface area (Å²) in [7, 11) is 0. The summed E-state index contributed by atoms with van der Waals surface area (Å²) in [5.74, 6) is 0.129. The summed E-state index contributed by atoms with van der Waals surface area (Å²) in [5, 5.41) is 23.2. The largest absolute Gasteiger partial charge is 0.360 e.